The molecule has 0 radical (unpaired) electrons. The number of fused-ring (bicyclic) bond motifs is 1. The minimum Gasteiger partial charge on any atom is -0.486 e. The molecular weight excluding hydrogens is 324 g/mol. The topological polar surface area (TPSA) is 76.2 Å². The first-order chi connectivity index (χ1) is 12.1. The third-order valence-corrected chi connectivity index (χ3v) is 4.94. The van der Waals surface area contributed by atoms with Crippen molar-refractivity contribution in [2.24, 2.45) is 5.92 Å². The Morgan fingerprint density at radius 2 is 1.76 bits per heavy atom. The number of ketones is 1. The monoisotopic (exact) mass is 344 g/mol. The summed E-state index contributed by atoms with van der Waals surface area (Å²) in [6.45, 7) is 2.30. The molecule has 3 aliphatic rings. The molecule has 0 aliphatic carbocycles. The van der Waals surface area contributed by atoms with Gasteiger partial charge in [0.15, 0.2) is 11.5 Å². The molecule has 1 aromatic rings. The van der Waals surface area contributed by atoms with Crippen LogP contribution in [0.4, 0.5) is 5.69 Å². The smallest absolute Gasteiger partial charge is 0.228 e. The molecule has 3 aliphatic heterocycles. The average molecular weight is 344 g/mol. The molecule has 0 aromatic heterocycles. The Balaban J connectivity index is 1.47. The highest BCUT2D eigenvalue weighted by Crippen LogP contribution is 2.36. The van der Waals surface area contributed by atoms with E-state index in [1.165, 1.54) is 0 Å². The van der Waals surface area contributed by atoms with E-state index in [1.54, 1.807) is 21.9 Å². The minimum atomic E-state index is -0.353. The molecule has 0 saturated carbocycles. The van der Waals surface area contributed by atoms with Crippen LogP contribution in [-0.4, -0.2) is 55.3 Å². The first kappa shape index (κ1) is 15.9. The van der Waals surface area contributed by atoms with Gasteiger partial charge in [0.25, 0.3) is 0 Å². The molecule has 1 atom stereocenters. The minimum absolute atomic E-state index is 0.0270. The highest BCUT2D eigenvalue weighted by molar-refractivity contribution is 6.00. The fourth-order valence-electron chi connectivity index (χ4n) is 3.56. The Morgan fingerprint density at radius 3 is 2.52 bits per heavy atom. The zero-order valence-corrected chi connectivity index (χ0v) is 13.9. The average Bonchev–Trinajstić information content (AvgIpc) is 3.03. The van der Waals surface area contributed by atoms with Crippen LogP contribution in [0, 0.1) is 5.92 Å². The third-order valence-electron chi connectivity index (χ3n) is 4.94. The predicted molar refractivity (Wildman–Crippen MR) is 88.7 cm³/mol. The number of hydrogen-bond donors (Lipinski definition) is 0. The summed E-state index contributed by atoms with van der Waals surface area (Å²) in [5.74, 6) is 1.05. The van der Waals surface area contributed by atoms with Crippen LogP contribution >= 0.6 is 0 Å². The van der Waals surface area contributed by atoms with Crippen LogP contribution in [-0.2, 0) is 14.4 Å². The highest BCUT2D eigenvalue weighted by Gasteiger charge is 2.38. The van der Waals surface area contributed by atoms with Gasteiger partial charge in [-0.05, 0) is 12.1 Å². The van der Waals surface area contributed by atoms with Gasteiger partial charge in [0.1, 0.15) is 19.0 Å². The molecule has 0 N–H and O–H groups in total. The lowest BCUT2D eigenvalue weighted by atomic mass is 10.0. The third kappa shape index (κ3) is 3.06. The van der Waals surface area contributed by atoms with Crippen LogP contribution in [0.5, 0.6) is 11.5 Å². The van der Waals surface area contributed by atoms with Crippen LogP contribution in [0.2, 0.25) is 0 Å². The van der Waals surface area contributed by atoms with Crippen molar-refractivity contribution in [3.05, 3.63) is 18.2 Å². The van der Waals surface area contributed by atoms with Crippen molar-refractivity contribution in [1.29, 1.82) is 0 Å². The molecule has 7 nitrogen and oxygen atoms in total. The molecule has 132 valence electrons. The molecule has 3 heterocycles. The number of nitrogens with zero attached hydrogens (tertiary/aromatic N) is 2. The van der Waals surface area contributed by atoms with E-state index in [2.05, 4.69) is 0 Å². The number of Topliss-reactive ketones (excluding diaryl/α,β-unsaturated/α-hetero) is 1. The number of piperidine rings is 1. The van der Waals surface area contributed by atoms with E-state index in [1.807, 2.05) is 6.07 Å². The first-order valence-corrected chi connectivity index (χ1v) is 8.62. The molecule has 2 amide bonds. The fourth-order valence-corrected chi connectivity index (χ4v) is 3.56. The van der Waals surface area contributed by atoms with Gasteiger partial charge in [-0.25, -0.2) is 0 Å². The molecule has 2 saturated heterocycles. The Bertz CT molecular complexity index is 722. The van der Waals surface area contributed by atoms with Gasteiger partial charge in [-0.1, -0.05) is 0 Å². The zero-order valence-electron chi connectivity index (χ0n) is 13.9. The van der Waals surface area contributed by atoms with E-state index in [0.29, 0.717) is 57.2 Å². The number of anilines is 1. The van der Waals surface area contributed by atoms with Crippen molar-refractivity contribution in [1.82, 2.24) is 4.90 Å². The van der Waals surface area contributed by atoms with Gasteiger partial charge in [0.2, 0.25) is 11.8 Å². The molecule has 4 rings (SSSR count). The van der Waals surface area contributed by atoms with Crippen LogP contribution in [0.3, 0.4) is 0 Å². The molecule has 2 fully saturated rings. The van der Waals surface area contributed by atoms with E-state index >= 15 is 0 Å². The summed E-state index contributed by atoms with van der Waals surface area (Å²) in [5, 5.41) is 0. The lowest BCUT2D eigenvalue weighted by Crippen LogP contribution is -2.42. The highest BCUT2D eigenvalue weighted by atomic mass is 16.6. The number of rotatable bonds is 2. The number of ether oxygens (including phenoxy) is 2. The van der Waals surface area contributed by atoms with Crippen molar-refractivity contribution >= 4 is 23.3 Å². The van der Waals surface area contributed by atoms with E-state index in [0.717, 1.165) is 5.69 Å². The Labute approximate surface area is 145 Å². The number of carbonyl (C=O) groups is 3. The second kappa shape index (κ2) is 6.38. The molecular formula is C18H20N2O5. The number of amides is 2. The van der Waals surface area contributed by atoms with Crippen molar-refractivity contribution in [3.63, 3.8) is 0 Å². The SMILES string of the molecule is O=C1CCN(C(=O)[C@H]2CC(=O)N(c3ccc4c(c3)OCCO4)C2)CC1. The van der Waals surface area contributed by atoms with Crippen LogP contribution in [0.1, 0.15) is 19.3 Å². The molecule has 7 heteroatoms. The lowest BCUT2D eigenvalue weighted by molar-refractivity contribution is -0.138. The quantitative estimate of drug-likeness (QED) is 0.800. The van der Waals surface area contributed by atoms with Gasteiger partial charge in [-0.15, -0.1) is 0 Å². The second-order valence-corrected chi connectivity index (χ2v) is 6.60. The van der Waals surface area contributed by atoms with Crippen molar-refractivity contribution < 1.29 is 23.9 Å². The maximum atomic E-state index is 12.7. The van der Waals surface area contributed by atoms with Crippen molar-refractivity contribution in [2.75, 3.05) is 37.7 Å². The maximum absolute atomic E-state index is 12.7. The summed E-state index contributed by atoms with van der Waals surface area (Å²) in [6.07, 6.45) is 1.04. The van der Waals surface area contributed by atoms with E-state index in [9.17, 15) is 14.4 Å². The van der Waals surface area contributed by atoms with E-state index in [-0.39, 0.29) is 29.9 Å². The summed E-state index contributed by atoms with van der Waals surface area (Å²) in [7, 11) is 0. The second-order valence-electron chi connectivity index (χ2n) is 6.60. The summed E-state index contributed by atoms with van der Waals surface area (Å²) >= 11 is 0. The Hall–Kier alpha value is -2.57. The molecule has 25 heavy (non-hydrogen) atoms. The molecule has 0 unspecified atom stereocenters. The normalized spacial score (nSPS) is 23.1. The van der Waals surface area contributed by atoms with Crippen LogP contribution in [0.25, 0.3) is 0 Å². The zero-order chi connectivity index (χ0) is 17.4. The maximum Gasteiger partial charge on any atom is 0.228 e. The van der Waals surface area contributed by atoms with Gasteiger partial charge in [0.05, 0.1) is 5.92 Å². The lowest BCUT2D eigenvalue weighted by Gasteiger charge is -2.28. The fraction of sp³-hybridized carbons (Fsp3) is 0.500. The molecule has 0 bridgehead atoms. The van der Waals surface area contributed by atoms with Gasteiger partial charge in [0, 0.05) is 50.7 Å². The standard InChI is InChI=1S/C18H20N2O5/c21-14-3-5-19(6-4-14)18(23)12-9-17(22)20(11-12)13-1-2-15-16(10-13)25-8-7-24-15/h1-2,10,12H,3-9,11H2/t12-/m0/s1. The number of carbonyl (C=O) groups excluding carboxylic acids is 3. The Kier molecular flexibility index (Phi) is 4.07. The van der Waals surface area contributed by atoms with Gasteiger partial charge >= 0.3 is 0 Å². The molecule has 1 aromatic carbocycles. The van der Waals surface area contributed by atoms with Crippen molar-refractivity contribution in [2.45, 2.75) is 19.3 Å². The number of benzene rings is 1. The summed E-state index contributed by atoms with van der Waals surface area (Å²) in [6, 6.07) is 5.40. The number of hydrogen-bond acceptors (Lipinski definition) is 5. The Morgan fingerprint density at radius 1 is 1.04 bits per heavy atom. The summed E-state index contributed by atoms with van der Waals surface area (Å²) in [5.41, 5.74) is 0.721. The van der Waals surface area contributed by atoms with E-state index in [4.69, 9.17) is 9.47 Å². The van der Waals surface area contributed by atoms with Gasteiger partial charge < -0.3 is 19.3 Å². The van der Waals surface area contributed by atoms with Gasteiger partial charge in [-0.3, -0.25) is 14.4 Å². The summed E-state index contributed by atoms with van der Waals surface area (Å²) < 4.78 is 11.1. The van der Waals surface area contributed by atoms with Crippen LogP contribution < -0.4 is 14.4 Å². The van der Waals surface area contributed by atoms with Crippen molar-refractivity contribution in [3.8, 4) is 11.5 Å². The van der Waals surface area contributed by atoms with E-state index < -0.39 is 0 Å². The summed E-state index contributed by atoms with van der Waals surface area (Å²) in [4.78, 5) is 39.8. The molecule has 0 spiro atoms. The first-order valence-electron chi connectivity index (χ1n) is 8.62. The number of likely N-dealkylation sites (tertiary alicyclic amines) is 1. The predicted octanol–water partition coefficient (Wildman–Crippen LogP) is 1.00. The van der Waals surface area contributed by atoms with Crippen LogP contribution in [0.15, 0.2) is 18.2 Å². The largest absolute Gasteiger partial charge is 0.486 e. The van der Waals surface area contributed by atoms with Gasteiger partial charge in [-0.2, -0.15) is 0 Å².